The molecule has 1 aromatic heterocycles. The third kappa shape index (κ3) is 8.08. The van der Waals surface area contributed by atoms with Crippen LogP contribution < -0.4 is 25.1 Å². The molecule has 36 heavy (non-hydrogen) atoms. The summed E-state index contributed by atoms with van der Waals surface area (Å²) >= 11 is 5.27. The number of ether oxygens (including phenoxy) is 2. The molecule has 0 fully saturated rings. The minimum atomic E-state index is -4.74. The van der Waals surface area contributed by atoms with Gasteiger partial charge in [0.1, 0.15) is 12.4 Å². The zero-order chi connectivity index (χ0) is 26.1. The van der Waals surface area contributed by atoms with Gasteiger partial charge in [-0.15, -0.1) is 23.4 Å². The Kier molecular flexibility index (Phi) is 9.01. The quantitative estimate of drug-likeness (QED) is 0.215. The molecule has 8 nitrogen and oxygen atoms in total. The Morgan fingerprint density at radius 2 is 1.81 bits per heavy atom. The van der Waals surface area contributed by atoms with E-state index >= 15 is 0 Å². The number of halogens is 3. The van der Waals surface area contributed by atoms with Crippen molar-refractivity contribution in [3.63, 3.8) is 0 Å². The first-order chi connectivity index (χ1) is 17.1. The van der Waals surface area contributed by atoms with Crippen molar-refractivity contribution >= 4 is 40.7 Å². The molecular weight excluding hydrogens is 493 g/mol. The van der Waals surface area contributed by atoms with Crippen LogP contribution in [0.25, 0.3) is 0 Å². The van der Waals surface area contributed by atoms with Crippen molar-refractivity contribution in [2.75, 3.05) is 23.9 Å². The maximum atomic E-state index is 12.3. The van der Waals surface area contributed by atoms with E-state index in [1.54, 1.807) is 24.1 Å². The number of para-hydroxylation sites is 1. The second-order valence-electron chi connectivity index (χ2n) is 7.76. The second-order valence-corrected chi connectivity index (χ2v) is 8.17. The first-order valence-corrected chi connectivity index (χ1v) is 11.3. The molecule has 0 atom stereocenters. The third-order valence-electron chi connectivity index (χ3n) is 4.82. The van der Waals surface area contributed by atoms with Crippen LogP contribution in [0.2, 0.25) is 0 Å². The van der Waals surface area contributed by atoms with Gasteiger partial charge in [0, 0.05) is 24.5 Å². The lowest BCUT2D eigenvalue weighted by molar-refractivity contribution is -0.274. The predicted molar refractivity (Wildman–Crippen MR) is 137 cm³/mol. The van der Waals surface area contributed by atoms with E-state index in [-0.39, 0.29) is 18.2 Å². The van der Waals surface area contributed by atoms with Crippen LogP contribution in [0.15, 0.2) is 65.8 Å². The van der Waals surface area contributed by atoms with Crippen molar-refractivity contribution in [1.29, 1.82) is 0 Å². The van der Waals surface area contributed by atoms with Crippen molar-refractivity contribution in [2.45, 2.75) is 26.1 Å². The molecule has 0 unspecified atom stereocenters. The Balaban J connectivity index is 1.46. The van der Waals surface area contributed by atoms with Gasteiger partial charge in [-0.2, -0.15) is 5.10 Å². The van der Waals surface area contributed by atoms with E-state index in [2.05, 4.69) is 44.6 Å². The standard InChI is InChI=1S/C24H25F3N6O2S/c1-16(2)19-6-4-5-7-20(19)29-23(36)32-28-14-15-34-22-13-12-21(30-31-22)33(3)17-8-10-18(11-9-17)35-24(25,26)27/h4-14,16H,15H2,1-3H3,(H2,29,32,36)/b28-14+. The number of benzene rings is 2. The van der Waals surface area contributed by atoms with Crippen molar-refractivity contribution in [2.24, 2.45) is 5.10 Å². The zero-order valence-electron chi connectivity index (χ0n) is 19.8. The molecule has 0 aliphatic heterocycles. The van der Waals surface area contributed by atoms with E-state index in [0.717, 1.165) is 11.3 Å². The molecule has 0 saturated heterocycles. The van der Waals surface area contributed by atoms with Crippen LogP contribution in [-0.2, 0) is 0 Å². The van der Waals surface area contributed by atoms with Crippen LogP contribution >= 0.6 is 12.2 Å². The maximum Gasteiger partial charge on any atom is 0.573 e. The van der Waals surface area contributed by atoms with Crippen molar-refractivity contribution in [1.82, 2.24) is 15.6 Å². The fourth-order valence-electron chi connectivity index (χ4n) is 3.10. The van der Waals surface area contributed by atoms with Crippen LogP contribution in [0.4, 0.5) is 30.4 Å². The molecule has 2 N–H and O–H groups in total. The van der Waals surface area contributed by atoms with Crippen LogP contribution in [-0.4, -0.2) is 41.5 Å². The fraction of sp³-hybridized carbons (Fsp3) is 0.250. The Morgan fingerprint density at radius 3 is 2.44 bits per heavy atom. The Morgan fingerprint density at radius 1 is 1.08 bits per heavy atom. The number of rotatable bonds is 9. The van der Waals surface area contributed by atoms with E-state index in [4.69, 9.17) is 17.0 Å². The first kappa shape index (κ1) is 26.7. The summed E-state index contributed by atoms with van der Waals surface area (Å²) in [6.45, 7) is 4.34. The number of anilines is 3. The van der Waals surface area contributed by atoms with Crippen molar-refractivity contribution in [3.8, 4) is 11.6 Å². The van der Waals surface area contributed by atoms with Gasteiger partial charge in [0.2, 0.25) is 5.88 Å². The molecule has 0 radical (unpaired) electrons. The molecule has 12 heteroatoms. The van der Waals surface area contributed by atoms with Gasteiger partial charge < -0.3 is 19.7 Å². The molecule has 1 heterocycles. The predicted octanol–water partition coefficient (Wildman–Crippen LogP) is 5.62. The van der Waals surface area contributed by atoms with Gasteiger partial charge in [0.05, 0.1) is 6.21 Å². The Hall–Kier alpha value is -3.93. The van der Waals surface area contributed by atoms with Crippen LogP contribution in [0.1, 0.15) is 25.3 Å². The van der Waals surface area contributed by atoms with Gasteiger partial charge in [0.25, 0.3) is 0 Å². The first-order valence-electron chi connectivity index (χ1n) is 10.9. The molecule has 0 aliphatic carbocycles. The lowest BCUT2D eigenvalue weighted by Crippen LogP contribution is -2.25. The summed E-state index contributed by atoms with van der Waals surface area (Å²) < 4.78 is 46.3. The minimum Gasteiger partial charge on any atom is -0.471 e. The Labute approximate surface area is 212 Å². The second kappa shape index (κ2) is 12.2. The van der Waals surface area contributed by atoms with Crippen molar-refractivity contribution in [3.05, 3.63) is 66.2 Å². The molecule has 0 bridgehead atoms. The number of alkyl halides is 3. The van der Waals surface area contributed by atoms with Gasteiger partial charge in [-0.05, 0) is 60.1 Å². The topological polar surface area (TPSA) is 83.9 Å². The SMILES string of the molecule is CC(C)c1ccccc1NC(=S)N/N=C/COc1ccc(N(C)c2ccc(OC(F)(F)F)cc2)nn1. The molecule has 3 aromatic rings. The minimum absolute atomic E-state index is 0.128. The average Bonchev–Trinajstić information content (AvgIpc) is 2.83. The molecule has 190 valence electrons. The molecule has 0 saturated carbocycles. The molecule has 0 spiro atoms. The largest absolute Gasteiger partial charge is 0.573 e. The van der Waals surface area contributed by atoms with Gasteiger partial charge in [-0.25, -0.2) is 0 Å². The van der Waals surface area contributed by atoms with Crippen LogP contribution in [0.3, 0.4) is 0 Å². The van der Waals surface area contributed by atoms with E-state index < -0.39 is 6.36 Å². The van der Waals surface area contributed by atoms with Gasteiger partial charge >= 0.3 is 6.36 Å². The summed E-state index contributed by atoms with van der Waals surface area (Å²) in [7, 11) is 1.71. The highest BCUT2D eigenvalue weighted by Gasteiger charge is 2.31. The number of nitrogens with zero attached hydrogens (tertiary/aromatic N) is 4. The van der Waals surface area contributed by atoms with E-state index in [1.165, 1.54) is 30.5 Å². The molecular formula is C24H25F3N6O2S. The van der Waals surface area contributed by atoms with E-state index in [1.807, 2.05) is 24.3 Å². The Bertz CT molecular complexity index is 1170. The monoisotopic (exact) mass is 518 g/mol. The number of hydrazone groups is 1. The number of nitrogens with one attached hydrogen (secondary N) is 2. The lowest BCUT2D eigenvalue weighted by atomic mass is 10.0. The molecule has 3 rings (SSSR count). The molecule has 0 amide bonds. The molecule has 2 aromatic carbocycles. The van der Waals surface area contributed by atoms with Gasteiger partial charge in [-0.3, -0.25) is 5.43 Å². The van der Waals surface area contributed by atoms with Crippen molar-refractivity contribution < 1.29 is 22.6 Å². The maximum absolute atomic E-state index is 12.3. The summed E-state index contributed by atoms with van der Waals surface area (Å²) in [6, 6.07) is 16.6. The normalized spacial score (nSPS) is 11.4. The van der Waals surface area contributed by atoms with Crippen LogP contribution in [0, 0.1) is 0 Å². The summed E-state index contributed by atoms with van der Waals surface area (Å²) in [5.74, 6) is 0.793. The summed E-state index contributed by atoms with van der Waals surface area (Å²) in [4.78, 5) is 1.66. The number of aromatic nitrogens is 2. The number of hydrogen-bond donors (Lipinski definition) is 2. The van der Waals surface area contributed by atoms with Gasteiger partial charge in [0.15, 0.2) is 10.9 Å². The highest BCUT2D eigenvalue weighted by molar-refractivity contribution is 7.80. The lowest BCUT2D eigenvalue weighted by Gasteiger charge is -2.18. The number of hydrogen-bond acceptors (Lipinski definition) is 7. The van der Waals surface area contributed by atoms with E-state index in [0.29, 0.717) is 22.5 Å². The van der Waals surface area contributed by atoms with E-state index in [9.17, 15) is 13.2 Å². The summed E-state index contributed by atoms with van der Waals surface area (Å²) in [5.41, 5.74) is 5.41. The fourth-order valence-corrected chi connectivity index (χ4v) is 3.26. The third-order valence-corrected chi connectivity index (χ3v) is 5.01. The summed E-state index contributed by atoms with van der Waals surface area (Å²) in [6.07, 6.45) is -3.24. The molecule has 0 aliphatic rings. The summed E-state index contributed by atoms with van der Waals surface area (Å²) in [5, 5.41) is 15.6. The number of thiocarbonyl (C=S) groups is 1. The highest BCUT2D eigenvalue weighted by Crippen LogP contribution is 2.27. The highest BCUT2D eigenvalue weighted by atomic mass is 32.1. The zero-order valence-corrected chi connectivity index (χ0v) is 20.6. The average molecular weight is 519 g/mol. The van der Waals surface area contributed by atoms with Crippen LogP contribution in [0.5, 0.6) is 11.6 Å². The smallest absolute Gasteiger partial charge is 0.471 e. The van der Waals surface area contributed by atoms with Gasteiger partial charge in [-0.1, -0.05) is 32.0 Å².